The highest BCUT2D eigenvalue weighted by Crippen LogP contribution is 2.37. The van der Waals surface area contributed by atoms with Crippen molar-refractivity contribution < 1.29 is 0 Å². The molecule has 0 aliphatic carbocycles. The smallest absolute Gasteiger partial charge is 0.131 e. The maximum absolute atomic E-state index is 5.28. The molecule has 0 unspecified atom stereocenters. The Hall–Kier alpha value is -3.22. The Balaban J connectivity index is 1.61. The fourth-order valence-electron chi connectivity index (χ4n) is 4.75. The van der Waals surface area contributed by atoms with Gasteiger partial charge in [0.25, 0.3) is 0 Å². The van der Waals surface area contributed by atoms with E-state index < -0.39 is 7.92 Å². The zero-order valence-corrected chi connectivity index (χ0v) is 20.3. The summed E-state index contributed by atoms with van der Waals surface area (Å²) < 4.78 is 0. The molecular weight excluding hydrogens is 419 g/mol. The highest BCUT2D eigenvalue weighted by Gasteiger charge is 2.29. The lowest BCUT2D eigenvalue weighted by Crippen LogP contribution is -2.27. The van der Waals surface area contributed by atoms with Crippen LogP contribution in [0.4, 0.5) is 0 Å². The van der Waals surface area contributed by atoms with Gasteiger partial charge in [-0.3, -0.25) is 4.99 Å². The summed E-state index contributed by atoms with van der Waals surface area (Å²) >= 11 is 0. The minimum Gasteiger partial charge on any atom is -0.357 e. The molecule has 3 heteroatoms. The van der Waals surface area contributed by atoms with Crippen molar-refractivity contribution in [1.82, 2.24) is 4.90 Å². The van der Waals surface area contributed by atoms with E-state index in [4.69, 9.17) is 4.99 Å². The summed E-state index contributed by atoms with van der Waals surface area (Å²) in [6.07, 6.45) is 0. The van der Waals surface area contributed by atoms with Gasteiger partial charge in [0.05, 0.1) is 6.04 Å². The number of hydrogen-bond donors (Lipinski definition) is 0. The number of aryl methyl sites for hydroxylation is 2. The molecular formula is C30H29N2P. The number of rotatable bonds is 5. The Morgan fingerprint density at radius 2 is 1.27 bits per heavy atom. The third-order valence-electron chi connectivity index (χ3n) is 6.13. The first-order valence-corrected chi connectivity index (χ1v) is 12.8. The topological polar surface area (TPSA) is 15.6 Å². The molecule has 1 aliphatic heterocycles. The second kappa shape index (κ2) is 9.33. The molecule has 0 fully saturated rings. The Bertz CT molecular complexity index is 1220. The van der Waals surface area contributed by atoms with Crippen LogP contribution in [0, 0.1) is 13.8 Å². The molecule has 2 nitrogen and oxygen atoms in total. The van der Waals surface area contributed by atoms with Crippen molar-refractivity contribution in [2.75, 3.05) is 13.6 Å². The molecule has 164 valence electrons. The predicted octanol–water partition coefficient (Wildman–Crippen LogP) is 5.49. The lowest BCUT2D eigenvalue weighted by molar-refractivity contribution is 0.508. The number of likely N-dealkylation sites (N-methyl/N-ethyl adjacent to an activating group) is 1. The van der Waals surface area contributed by atoms with Crippen molar-refractivity contribution in [3.8, 4) is 0 Å². The van der Waals surface area contributed by atoms with Gasteiger partial charge in [0.2, 0.25) is 0 Å². The van der Waals surface area contributed by atoms with E-state index in [1.54, 1.807) is 0 Å². The van der Waals surface area contributed by atoms with Crippen LogP contribution < -0.4 is 15.9 Å². The van der Waals surface area contributed by atoms with Crippen LogP contribution in [0.25, 0.3) is 0 Å². The summed E-state index contributed by atoms with van der Waals surface area (Å²) in [4.78, 5) is 7.58. The predicted molar refractivity (Wildman–Crippen MR) is 143 cm³/mol. The average Bonchev–Trinajstić information content (AvgIpc) is 3.22. The van der Waals surface area contributed by atoms with Gasteiger partial charge in [0, 0.05) is 19.2 Å². The quantitative estimate of drug-likeness (QED) is 0.369. The van der Waals surface area contributed by atoms with Crippen LogP contribution >= 0.6 is 7.92 Å². The molecule has 0 saturated heterocycles. The first-order valence-electron chi connectivity index (χ1n) is 11.5. The number of hydrogen-bond acceptors (Lipinski definition) is 2. The molecule has 0 radical (unpaired) electrons. The zero-order chi connectivity index (χ0) is 22.8. The van der Waals surface area contributed by atoms with Gasteiger partial charge in [-0.1, -0.05) is 102 Å². The normalized spacial score (nSPS) is 15.7. The zero-order valence-electron chi connectivity index (χ0n) is 19.4. The average molecular weight is 449 g/mol. The minimum absolute atomic E-state index is 0.124. The SMILES string of the molecule is Cc1cc(C)cc(C2=N[C@@H](c3ccccc3P(c3ccccc3)c3ccccc3)CN2C)c1. The summed E-state index contributed by atoms with van der Waals surface area (Å²) in [5, 5.41) is 4.14. The fraction of sp³-hybridized carbons (Fsp3) is 0.167. The van der Waals surface area contributed by atoms with E-state index in [9.17, 15) is 0 Å². The monoisotopic (exact) mass is 448 g/mol. The van der Waals surface area contributed by atoms with Crippen LogP contribution in [0.2, 0.25) is 0 Å². The van der Waals surface area contributed by atoms with Crippen LogP contribution in [0.3, 0.4) is 0 Å². The molecule has 0 bridgehead atoms. The van der Waals surface area contributed by atoms with Gasteiger partial charge in [-0.15, -0.1) is 0 Å². The molecule has 1 atom stereocenters. The van der Waals surface area contributed by atoms with E-state index in [0.717, 1.165) is 12.4 Å². The van der Waals surface area contributed by atoms with E-state index in [1.807, 2.05) is 0 Å². The van der Waals surface area contributed by atoms with Gasteiger partial charge in [0.1, 0.15) is 5.84 Å². The van der Waals surface area contributed by atoms with Crippen molar-refractivity contribution in [3.05, 3.63) is 125 Å². The number of nitrogens with zero attached hydrogens (tertiary/aromatic N) is 2. The minimum atomic E-state index is -0.664. The largest absolute Gasteiger partial charge is 0.357 e. The van der Waals surface area contributed by atoms with E-state index in [0.29, 0.717) is 0 Å². The highest BCUT2D eigenvalue weighted by molar-refractivity contribution is 7.79. The Morgan fingerprint density at radius 1 is 0.727 bits per heavy atom. The van der Waals surface area contributed by atoms with Gasteiger partial charge >= 0.3 is 0 Å². The first kappa shape index (κ1) is 21.6. The Labute approximate surface area is 198 Å². The van der Waals surface area contributed by atoms with Crippen molar-refractivity contribution in [1.29, 1.82) is 0 Å². The molecule has 0 spiro atoms. The molecule has 4 aromatic rings. The molecule has 0 N–H and O–H groups in total. The van der Waals surface area contributed by atoms with Crippen LogP contribution in [-0.4, -0.2) is 24.3 Å². The molecule has 4 aromatic carbocycles. The van der Waals surface area contributed by atoms with Crippen LogP contribution in [-0.2, 0) is 0 Å². The van der Waals surface area contributed by atoms with Gasteiger partial charge in [-0.05, 0) is 55.4 Å². The van der Waals surface area contributed by atoms with Crippen molar-refractivity contribution >= 4 is 29.7 Å². The molecule has 33 heavy (non-hydrogen) atoms. The van der Waals surface area contributed by atoms with Gasteiger partial charge in [0.15, 0.2) is 0 Å². The standard InChI is InChI=1S/C30H29N2P/c1-22-18-23(2)20-24(19-22)30-31-28(21-32(30)3)27-16-10-11-17-29(27)33(25-12-6-4-7-13-25)26-14-8-5-9-15-26/h4-20,28H,21H2,1-3H3/t28-/m1/s1. The Kier molecular flexibility index (Phi) is 6.11. The summed E-state index contributed by atoms with van der Waals surface area (Å²) in [7, 11) is 1.50. The second-order valence-electron chi connectivity index (χ2n) is 8.79. The first-order chi connectivity index (χ1) is 16.1. The van der Waals surface area contributed by atoms with Gasteiger partial charge in [-0.25, -0.2) is 0 Å². The van der Waals surface area contributed by atoms with Crippen molar-refractivity contribution in [2.45, 2.75) is 19.9 Å². The molecule has 5 rings (SSSR count). The van der Waals surface area contributed by atoms with E-state index in [1.165, 1.54) is 38.2 Å². The van der Waals surface area contributed by atoms with Crippen LogP contribution in [0.5, 0.6) is 0 Å². The number of amidine groups is 1. The molecule has 0 amide bonds. The molecule has 0 aromatic heterocycles. The summed E-state index contributed by atoms with van der Waals surface area (Å²) in [5.74, 6) is 1.09. The van der Waals surface area contributed by atoms with E-state index >= 15 is 0 Å². The lowest BCUT2D eigenvalue weighted by atomic mass is 10.1. The Morgan fingerprint density at radius 3 is 1.88 bits per heavy atom. The highest BCUT2D eigenvalue weighted by atomic mass is 31.1. The van der Waals surface area contributed by atoms with Crippen molar-refractivity contribution in [2.24, 2.45) is 4.99 Å². The van der Waals surface area contributed by atoms with Crippen LogP contribution in [0.1, 0.15) is 28.3 Å². The van der Waals surface area contributed by atoms with Crippen LogP contribution in [0.15, 0.2) is 108 Å². The maximum Gasteiger partial charge on any atom is 0.131 e. The molecule has 1 heterocycles. The van der Waals surface area contributed by atoms with E-state index in [2.05, 4.69) is 129 Å². The molecule has 0 saturated carbocycles. The second-order valence-corrected chi connectivity index (χ2v) is 11.0. The molecule has 1 aliphatic rings. The fourth-order valence-corrected chi connectivity index (χ4v) is 7.27. The third-order valence-corrected chi connectivity index (χ3v) is 8.65. The summed E-state index contributed by atoms with van der Waals surface area (Å²) in [6.45, 7) is 5.21. The summed E-state index contributed by atoms with van der Waals surface area (Å²) in [5.41, 5.74) is 5.11. The van der Waals surface area contributed by atoms with Crippen molar-refractivity contribution in [3.63, 3.8) is 0 Å². The third kappa shape index (κ3) is 4.49. The summed E-state index contributed by atoms with van der Waals surface area (Å²) in [6, 6.07) is 37.6. The number of aliphatic imine (C=N–C) groups is 1. The van der Waals surface area contributed by atoms with Gasteiger partial charge in [-0.2, -0.15) is 0 Å². The van der Waals surface area contributed by atoms with Gasteiger partial charge < -0.3 is 4.90 Å². The number of benzene rings is 4. The lowest BCUT2D eigenvalue weighted by Gasteiger charge is -2.24. The maximum atomic E-state index is 5.28. The van der Waals surface area contributed by atoms with E-state index in [-0.39, 0.29) is 6.04 Å².